The molecule has 1 aromatic heterocycles. The summed E-state index contributed by atoms with van der Waals surface area (Å²) >= 11 is 4.63. The van der Waals surface area contributed by atoms with Crippen molar-refractivity contribution in [2.24, 2.45) is 0 Å². The second kappa shape index (κ2) is 9.76. The van der Waals surface area contributed by atoms with Crippen molar-refractivity contribution in [3.63, 3.8) is 0 Å². The summed E-state index contributed by atoms with van der Waals surface area (Å²) in [5.74, 6) is 0.0666. The van der Waals surface area contributed by atoms with Crippen LogP contribution < -0.4 is 10.6 Å². The predicted molar refractivity (Wildman–Crippen MR) is 122 cm³/mol. The van der Waals surface area contributed by atoms with Crippen molar-refractivity contribution in [1.82, 2.24) is 9.78 Å². The number of aromatic nitrogens is 2. The zero-order valence-electron chi connectivity index (χ0n) is 16.1. The molecule has 2 aromatic carbocycles. The molecule has 1 heterocycles. The fraction of sp³-hybridized carbons (Fsp3) is 0.190. The van der Waals surface area contributed by atoms with Crippen molar-refractivity contribution >= 4 is 50.9 Å². The third kappa shape index (κ3) is 5.71. The maximum absolute atomic E-state index is 12.3. The van der Waals surface area contributed by atoms with Gasteiger partial charge in [-0.25, -0.2) is 4.68 Å². The van der Waals surface area contributed by atoms with Crippen molar-refractivity contribution in [3.8, 4) is 5.69 Å². The lowest BCUT2D eigenvalue weighted by molar-refractivity contribution is -0.114. The summed E-state index contributed by atoms with van der Waals surface area (Å²) < 4.78 is 2.70. The first-order chi connectivity index (χ1) is 13.9. The van der Waals surface area contributed by atoms with Gasteiger partial charge in [0.25, 0.3) is 0 Å². The topological polar surface area (TPSA) is 76.0 Å². The molecule has 0 aliphatic rings. The molecule has 29 heavy (non-hydrogen) atoms. The van der Waals surface area contributed by atoms with Crippen LogP contribution in [0.15, 0.2) is 59.1 Å². The van der Waals surface area contributed by atoms with Gasteiger partial charge in [-0.15, -0.1) is 11.8 Å². The number of halogens is 1. The molecule has 3 rings (SSSR count). The number of nitrogens with one attached hydrogen (secondary N) is 2. The SMILES string of the molecule is Cc1nn(-c2ccccc2)c(C)c1NC(=O)CSCC(=O)Nc1cccc(Br)c1. The van der Waals surface area contributed by atoms with Crippen LogP contribution in [0, 0.1) is 13.8 Å². The van der Waals surface area contributed by atoms with E-state index in [2.05, 4.69) is 31.7 Å². The third-order valence-electron chi connectivity index (χ3n) is 4.13. The number of hydrogen-bond acceptors (Lipinski definition) is 4. The van der Waals surface area contributed by atoms with Crippen molar-refractivity contribution in [1.29, 1.82) is 0 Å². The van der Waals surface area contributed by atoms with Crippen LogP contribution in [0.4, 0.5) is 11.4 Å². The largest absolute Gasteiger partial charge is 0.325 e. The van der Waals surface area contributed by atoms with Gasteiger partial charge in [-0.2, -0.15) is 5.10 Å². The first-order valence-corrected chi connectivity index (χ1v) is 10.9. The Morgan fingerprint density at radius 1 is 1.00 bits per heavy atom. The number of benzene rings is 2. The van der Waals surface area contributed by atoms with Gasteiger partial charge in [0.05, 0.1) is 34.3 Å². The summed E-state index contributed by atoms with van der Waals surface area (Å²) in [7, 11) is 0. The quantitative estimate of drug-likeness (QED) is 0.528. The molecule has 0 aliphatic carbocycles. The lowest BCUT2D eigenvalue weighted by Gasteiger charge is -2.08. The highest BCUT2D eigenvalue weighted by atomic mass is 79.9. The van der Waals surface area contributed by atoms with E-state index in [0.29, 0.717) is 11.4 Å². The highest BCUT2D eigenvalue weighted by molar-refractivity contribution is 9.10. The zero-order chi connectivity index (χ0) is 20.8. The third-order valence-corrected chi connectivity index (χ3v) is 5.56. The first-order valence-electron chi connectivity index (χ1n) is 8.98. The van der Waals surface area contributed by atoms with E-state index in [9.17, 15) is 9.59 Å². The van der Waals surface area contributed by atoms with Gasteiger partial charge >= 0.3 is 0 Å². The van der Waals surface area contributed by atoms with Gasteiger partial charge in [-0.1, -0.05) is 40.2 Å². The maximum Gasteiger partial charge on any atom is 0.234 e. The molecule has 8 heteroatoms. The fourth-order valence-electron chi connectivity index (χ4n) is 2.82. The molecule has 0 fully saturated rings. The molecule has 3 aromatic rings. The van der Waals surface area contributed by atoms with Crippen LogP contribution in [0.25, 0.3) is 5.69 Å². The molecule has 2 N–H and O–H groups in total. The minimum Gasteiger partial charge on any atom is -0.325 e. The van der Waals surface area contributed by atoms with Crippen LogP contribution in [0.5, 0.6) is 0 Å². The Morgan fingerprint density at radius 2 is 1.69 bits per heavy atom. The molecule has 0 spiro atoms. The number of amides is 2. The number of nitrogens with zero attached hydrogens (tertiary/aromatic N) is 2. The maximum atomic E-state index is 12.3. The number of para-hydroxylation sites is 1. The molecule has 0 atom stereocenters. The summed E-state index contributed by atoms with van der Waals surface area (Å²) in [4.78, 5) is 24.4. The summed E-state index contributed by atoms with van der Waals surface area (Å²) in [6, 6.07) is 17.1. The number of anilines is 2. The Bertz CT molecular complexity index is 1020. The first kappa shape index (κ1) is 21.1. The molecule has 0 radical (unpaired) electrons. The highest BCUT2D eigenvalue weighted by Gasteiger charge is 2.15. The number of rotatable bonds is 7. The Balaban J connectivity index is 1.52. The normalized spacial score (nSPS) is 10.6. The monoisotopic (exact) mass is 472 g/mol. The van der Waals surface area contributed by atoms with E-state index < -0.39 is 0 Å². The highest BCUT2D eigenvalue weighted by Crippen LogP contribution is 2.23. The number of aryl methyl sites for hydroxylation is 1. The lowest BCUT2D eigenvalue weighted by atomic mass is 10.3. The second-order valence-corrected chi connectivity index (χ2v) is 8.29. The molecule has 0 unspecified atom stereocenters. The molecule has 0 saturated carbocycles. The van der Waals surface area contributed by atoms with E-state index in [0.717, 1.165) is 21.5 Å². The Morgan fingerprint density at radius 3 is 2.38 bits per heavy atom. The Labute approximate surface area is 182 Å². The minimum absolute atomic E-state index is 0.148. The van der Waals surface area contributed by atoms with E-state index >= 15 is 0 Å². The molecule has 0 aliphatic heterocycles. The average Bonchev–Trinajstić information content (AvgIpc) is 2.97. The van der Waals surface area contributed by atoms with Crippen molar-refractivity contribution in [3.05, 3.63) is 70.5 Å². The number of carbonyl (C=O) groups excluding carboxylic acids is 2. The van der Waals surface area contributed by atoms with E-state index in [1.807, 2.05) is 73.1 Å². The van der Waals surface area contributed by atoms with Gasteiger partial charge in [-0.05, 0) is 44.2 Å². The lowest BCUT2D eigenvalue weighted by Crippen LogP contribution is -2.19. The number of hydrogen-bond donors (Lipinski definition) is 2. The molecule has 6 nitrogen and oxygen atoms in total. The minimum atomic E-state index is -0.163. The Hall–Kier alpha value is -2.58. The second-order valence-electron chi connectivity index (χ2n) is 6.39. The standard InChI is InChI=1S/C21H21BrN4O2S/c1-14-21(15(2)26(25-14)18-9-4-3-5-10-18)24-20(28)13-29-12-19(27)23-17-8-6-7-16(22)11-17/h3-11H,12-13H2,1-2H3,(H,23,27)(H,24,28). The number of thioether (sulfide) groups is 1. The van der Waals surface area contributed by atoms with Gasteiger partial charge in [0, 0.05) is 10.2 Å². The molecule has 150 valence electrons. The van der Waals surface area contributed by atoms with Gasteiger partial charge in [0.1, 0.15) is 0 Å². The van der Waals surface area contributed by atoms with Crippen molar-refractivity contribution < 1.29 is 9.59 Å². The number of carbonyl (C=O) groups is 2. The van der Waals surface area contributed by atoms with E-state index in [1.165, 1.54) is 11.8 Å². The van der Waals surface area contributed by atoms with Crippen LogP contribution in [0.3, 0.4) is 0 Å². The van der Waals surface area contributed by atoms with Gasteiger partial charge in [-0.3, -0.25) is 9.59 Å². The van der Waals surface area contributed by atoms with Gasteiger partial charge in [0.15, 0.2) is 0 Å². The molecule has 0 saturated heterocycles. The van der Waals surface area contributed by atoms with Gasteiger partial charge < -0.3 is 10.6 Å². The molecule has 2 amide bonds. The van der Waals surface area contributed by atoms with Crippen LogP contribution in [-0.4, -0.2) is 33.1 Å². The van der Waals surface area contributed by atoms with Crippen molar-refractivity contribution in [2.45, 2.75) is 13.8 Å². The summed E-state index contributed by atoms with van der Waals surface area (Å²) in [6.07, 6.45) is 0. The van der Waals surface area contributed by atoms with Crippen LogP contribution >= 0.6 is 27.7 Å². The summed E-state index contributed by atoms with van der Waals surface area (Å²) in [6.45, 7) is 3.78. The van der Waals surface area contributed by atoms with E-state index in [-0.39, 0.29) is 23.3 Å². The fourth-order valence-corrected chi connectivity index (χ4v) is 3.84. The molecular weight excluding hydrogens is 452 g/mol. The van der Waals surface area contributed by atoms with E-state index in [1.54, 1.807) is 0 Å². The predicted octanol–water partition coefficient (Wildman–Crippen LogP) is 4.56. The van der Waals surface area contributed by atoms with Crippen molar-refractivity contribution in [2.75, 3.05) is 22.1 Å². The smallest absolute Gasteiger partial charge is 0.234 e. The Kier molecular flexibility index (Phi) is 7.11. The molecular formula is C21H21BrN4O2S. The van der Waals surface area contributed by atoms with Crippen LogP contribution in [0.1, 0.15) is 11.4 Å². The zero-order valence-corrected chi connectivity index (χ0v) is 18.5. The molecule has 0 bridgehead atoms. The summed E-state index contributed by atoms with van der Waals surface area (Å²) in [5, 5.41) is 10.3. The van der Waals surface area contributed by atoms with Crippen LogP contribution in [0.2, 0.25) is 0 Å². The average molecular weight is 473 g/mol. The van der Waals surface area contributed by atoms with Crippen LogP contribution in [-0.2, 0) is 9.59 Å². The summed E-state index contributed by atoms with van der Waals surface area (Å²) in [5.41, 5.74) is 3.97. The van der Waals surface area contributed by atoms with E-state index in [4.69, 9.17) is 0 Å². The van der Waals surface area contributed by atoms with Gasteiger partial charge in [0.2, 0.25) is 11.8 Å².